The molecule has 0 aromatic heterocycles. The Labute approximate surface area is 156 Å². The standard InChI is InChI=1S/C18H23NO8/c1-25-17(24)11-6-3-10(4-7-11)5-8-13(21)19-14-16(23)15(22)12(9-20)27-18(14)26-2/h3-8,12,14-16,18,20,22-23H,9H2,1-2H3,(H,19,21). The van der Waals surface area contributed by atoms with Crippen LogP contribution >= 0.6 is 0 Å². The summed E-state index contributed by atoms with van der Waals surface area (Å²) < 4.78 is 15.0. The molecule has 1 aromatic carbocycles. The fraction of sp³-hybridized carbons (Fsp3) is 0.444. The zero-order valence-electron chi connectivity index (χ0n) is 14.9. The number of benzene rings is 1. The maximum Gasteiger partial charge on any atom is 0.337 e. The lowest BCUT2D eigenvalue weighted by Gasteiger charge is -2.41. The molecule has 27 heavy (non-hydrogen) atoms. The van der Waals surface area contributed by atoms with E-state index in [-0.39, 0.29) is 0 Å². The van der Waals surface area contributed by atoms with E-state index in [9.17, 15) is 19.8 Å². The minimum Gasteiger partial charge on any atom is -0.465 e. The van der Waals surface area contributed by atoms with Crippen LogP contribution in [0.5, 0.6) is 0 Å². The fourth-order valence-corrected chi connectivity index (χ4v) is 2.67. The van der Waals surface area contributed by atoms with E-state index in [1.165, 1.54) is 26.4 Å². The Morgan fingerprint density at radius 3 is 2.41 bits per heavy atom. The number of carbonyl (C=O) groups is 2. The molecule has 1 aliphatic rings. The minimum absolute atomic E-state index is 0.386. The van der Waals surface area contributed by atoms with Gasteiger partial charge in [0.1, 0.15) is 24.4 Å². The van der Waals surface area contributed by atoms with Crippen LogP contribution in [0.2, 0.25) is 0 Å². The summed E-state index contributed by atoms with van der Waals surface area (Å²) in [4.78, 5) is 23.5. The van der Waals surface area contributed by atoms with Gasteiger partial charge in [-0.25, -0.2) is 4.79 Å². The highest BCUT2D eigenvalue weighted by molar-refractivity contribution is 5.92. The van der Waals surface area contributed by atoms with Crippen molar-refractivity contribution in [2.45, 2.75) is 30.6 Å². The van der Waals surface area contributed by atoms with Crippen LogP contribution in [0.3, 0.4) is 0 Å². The van der Waals surface area contributed by atoms with Gasteiger partial charge in [0.05, 0.1) is 19.3 Å². The van der Waals surface area contributed by atoms with Crippen LogP contribution in [-0.4, -0.2) is 78.7 Å². The van der Waals surface area contributed by atoms with Crippen LogP contribution < -0.4 is 5.32 Å². The Kier molecular flexibility index (Phi) is 7.45. The first kappa shape index (κ1) is 21.0. The normalized spacial score (nSPS) is 28.1. The van der Waals surface area contributed by atoms with Gasteiger partial charge in [0, 0.05) is 13.2 Å². The van der Waals surface area contributed by atoms with Crippen LogP contribution in [0.4, 0.5) is 0 Å². The third-order valence-corrected chi connectivity index (χ3v) is 4.18. The van der Waals surface area contributed by atoms with E-state index in [4.69, 9.17) is 14.6 Å². The van der Waals surface area contributed by atoms with Gasteiger partial charge in [-0.2, -0.15) is 0 Å². The Balaban J connectivity index is 2.01. The van der Waals surface area contributed by atoms with Crippen molar-refractivity contribution in [2.75, 3.05) is 20.8 Å². The highest BCUT2D eigenvalue weighted by Gasteiger charge is 2.44. The topological polar surface area (TPSA) is 135 Å². The molecule has 4 N–H and O–H groups in total. The second-order valence-electron chi connectivity index (χ2n) is 5.92. The van der Waals surface area contributed by atoms with Crippen molar-refractivity contribution in [1.82, 2.24) is 5.32 Å². The molecular weight excluding hydrogens is 358 g/mol. The third-order valence-electron chi connectivity index (χ3n) is 4.18. The lowest BCUT2D eigenvalue weighted by molar-refractivity contribution is -0.262. The first-order valence-corrected chi connectivity index (χ1v) is 8.23. The third kappa shape index (κ3) is 5.12. The van der Waals surface area contributed by atoms with Crippen LogP contribution in [0.1, 0.15) is 15.9 Å². The van der Waals surface area contributed by atoms with Gasteiger partial charge in [-0.3, -0.25) is 4.79 Å². The zero-order chi connectivity index (χ0) is 20.0. The van der Waals surface area contributed by atoms with E-state index in [0.717, 1.165) is 0 Å². The molecule has 9 heteroatoms. The summed E-state index contributed by atoms with van der Waals surface area (Å²) in [5.41, 5.74) is 1.05. The predicted octanol–water partition coefficient (Wildman–Crippen LogP) is -0.943. The zero-order valence-corrected chi connectivity index (χ0v) is 14.9. The molecule has 9 nitrogen and oxygen atoms in total. The van der Waals surface area contributed by atoms with E-state index < -0.39 is 49.1 Å². The van der Waals surface area contributed by atoms with Gasteiger partial charge in [0.25, 0.3) is 0 Å². The number of esters is 1. The molecular formula is C18H23NO8. The number of carbonyl (C=O) groups excluding carboxylic acids is 2. The first-order valence-electron chi connectivity index (χ1n) is 8.23. The van der Waals surface area contributed by atoms with Crippen molar-refractivity contribution in [3.05, 3.63) is 41.5 Å². The van der Waals surface area contributed by atoms with Gasteiger partial charge < -0.3 is 34.8 Å². The van der Waals surface area contributed by atoms with Crippen LogP contribution in [0.25, 0.3) is 6.08 Å². The first-order chi connectivity index (χ1) is 12.9. The Hall–Kier alpha value is -2.30. The van der Waals surface area contributed by atoms with Gasteiger partial charge in [0.15, 0.2) is 6.29 Å². The predicted molar refractivity (Wildman–Crippen MR) is 93.5 cm³/mol. The molecule has 2 rings (SSSR count). The molecule has 0 radical (unpaired) electrons. The Bertz CT molecular complexity index is 672. The van der Waals surface area contributed by atoms with E-state index in [1.54, 1.807) is 24.3 Å². The number of methoxy groups -OCH3 is 2. The van der Waals surface area contributed by atoms with Crippen molar-refractivity contribution in [3.63, 3.8) is 0 Å². The van der Waals surface area contributed by atoms with Gasteiger partial charge in [-0.1, -0.05) is 12.1 Å². The summed E-state index contributed by atoms with van der Waals surface area (Å²) in [5, 5.41) is 31.8. The lowest BCUT2D eigenvalue weighted by atomic mass is 9.97. The molecule has 1 aliphatic heterocycles. The number of aliphatic hydroxyl groups excluding tert-OH is 3. The number of hydrogen-bond donors (Lipinski definition) is 4. The van der Waals surface area contributed by atoms with Crippen LogP contribution in [0.15, 0.2) is 30.3 Å². The Morgan fingerprint density at radius 2 is 1.85 bits per heavy atom. The number of nitrogens with one attached hydrogen (secondary N) is 1. The van der Waals surface area contributed by atoms with E-state index in [0.29, 0.717) is 11.1 Å². The monoisotopic (exact) mass is 381 g/mol. The maximum atomic E-state index is 12.1. The van der Waals surface area contributed by atoms with E-state index in [1.807, 2.05) is 0 Å². The second kappa shape index (κ2) is 9.58. The molecule has 1 fully saturated rings. The molecule has 1 amide bonds. The lowest BCUT2D eigenvalue weighted by Crippen LogP contribution is -2.64. The summed E-state index contributed by atoms with van der Waals surface area (Å²) in [6.45, 7) is -0.500. The average molecular weight is 381 g/mol. The molecule has 0 aliphatic carbocycles. The fourth-order valence-electron chi connectivity index (χ4n) is 2.67. The molecule has 1 heterocycles. The average Bonchev–Trinajstić information content (AvgIpc) is 2.70. The number of hydrogen-bond acceptors (Lipinski definition) is 8. The summed E-state index contributed by atoms with van der Waals surface area (Å²) in [6, 6.07) is 5.39. The van der Waals surface area contributed by atoms with Crippen molar-refractivity contribution < 1.29 is 39.1 Å². The van der Waals surface area contributed by atoms with Crippen molar-refractivity contribution in [2.24, 2.45) is 0 Å². The van der Waals surface area contributed by atoms with Gasteiger partial charge in [-0.05, 0) is 23.8 Å². The van der Waals surface area contributed by atoms with Crippen LogP contribution in [0, 0.1) is 0 Å². The van der Waals surface area contributed by atoms with Crippen LogP contribution in [-0.2, 0) is 19.0 Å². The number of aliphatic hydroxyl groups is 3. The smallest absolute Gasteiger partial charge is 0.337 e. The molecule has 148 valence electrons. The maximum absolute atomic E-state index is 12.1. The number of ether oxygens (including phenoxy) is 3. The molecule has 0 saturated carbocycles. The molecule has 0 spiro atoms. The minimum atomic E-state index is -1.38. The summed E-state index contributed by atoms with van der Waals surface area (Å²) >= 11 is 0. The Morgan fingerprint density at radius 1 is 1.19 bits per heavy atom. The van der Waals surface area contributed by atoms with Gasteiger partial charge in [0.2, 0.25) is 5.91 Å². The molecule has 0 bridgehead atoms. The van der Waals surface area contributed by atoms with E-state index >= 15 is 0 Å². The van der Waals surface area contributed by atoms with E-state index in [2.05, 4.69) is 10.1 Å². The number of amides is 1. The quantitative estimate of drug-likeness (QED) is 0.366. The number of rotatable bonds is 6. The summed E-state index contributed by atoms with van der Waals surface area (Å²) in [7, 11) is 2.61. The highest BCUT2D eigenvalue weighted by atomic mass is 16.7. The second-order valence-corrected chi connectivity index (χ2v) is 5.92. The SMILES string of the molecule is COC(=O)c1ccc(C=CC(=O)NC2C(OC)OC(CO)C(O)C2O)cc1. The van der Waals surface area contributed by atoms with Crippen molar-refractivity contribution >= 4 is 18.0 Å². The molecule has 5 unspecified atom stereocenters. The molecule has 1 saturated heterocycles. The molecule has 5 atom stereocenters. The van der Waals surface area contributed by atoms with Gasteiger partial charge >= 0.3 is 5.97 Å². The molecule has 1 aromatic rings. The highest BCUT2D eigenvalue weighted by Crippen LogP contribution is 2.21. The van der Waals surface area contributed by atoms with Crippen molar-refractivity contribution in [1.29, 1.82) is 0 Å². The van der Waals surface area contributed by atoms with Crippen molar-refractivity contribution in [3.8, 4) is 0 Å². The summed E-state index contributed by atoms with van der Waals surface area (Å²) in [5.74, 6) is -1.00. The summed E-state index contributed by atoms with van der Waals surface area (Å²) in [6.07, 6.45) is -2.04. The largest absolute Gasteiger partial charge is 0.465 e. The van der Waals surface area contributed by atoms with Gasteiger partial charge in [-0.15, -0.1) is 0 Å².